The lowest BCUT2D eigenvalue weighted by molar-refractivity contribution is 0.331. The van der Waals surface area contributed by atoms with E-state index in [0.717, 1.165) is 36.0 Å². The second kappa shape index (κ2) is 9.72. The van der Waals surface area contributed by atoms with E-state index in [2.05, 4.69) is 65.3 Å². The molecule has 0 amide bonds. The Morgan fingerprint density at radius 2 is 1.48 bits per heavy atom. The van der Waals surface area contributed by atoms with Crippen molar-refractivity contribution >= 4 is 10.9 Å². The Morgan fingerprint density at radius 1 is 0.818 bits per heavy atom. The molecule has 0 radical (unpaired) electrons. The molecule has 1 aliphatic heterocycles. The quantitative estimate of drug-likeness (QED) is 0.385. The zero-order chi connectivity index (χ0) is 22.6. The van der Waals surface area contributed by atoms with Crippen molar-refractivity contribution < 1.29 is 0 Å². The van der Waals surface area contributed by atoms with Gasteiger partial charge in [-0.1, -0.05) is 61.5 Å². The van der Waals surface area contributed by atoms with Gasteiger partial charge in [0.25, 0.3) is 5.56 Å². The summed E-state index contributed by atoms with van der Waals surface area (Å²) < 4.78 is 1.73. The van der Waals surface area contributed by atoms with Gasteiger partial charge >= 0.3 is 0 Å². The number of hydrogen-bond donors (Lipinski definition) is 0. The molecule has 4 heteroatoms. The van der Waals surface area contributed by atoms with E-state index < -0.39 is 0 Å². The van der Waals surface area contributed by atoms with E-state index in [1.807, 2.05) is 18.2 Å². The summed E-state index contributed by atoms with van der Waals surface area (Å²) in [6.07, 6.45) is 6.18. The summed E-state index contributed by atoms with van der Waals surface area (Å²) in [5.41, 5.74) is 6.94. The minimum absolute atomic E-state index is 0.0264. The van der Waals surface area contributed by atoms with E-state index in [-0.39, 0.29) is 5.56 Å². The number of benzene rings is 3. The summed E-state index contributed by atoms with van der Waals surface area (Å²) in [7, 11) is 0. The highest BCUT2D eigenvalue weighted by atomic mass is 16.1. The van der Waals surface area contributed by atoms with Gasteiger partial charge in [0.1, 0.15) is 0 Å². The van der Waals surface area contributed by atoms with E-state index in [0.29, 0.717) is 11.9 Å². The van der Waals surface area contributed by atoms with Gasteiger partial charge in [0.2, 0.25) is 0 Å². The Labute approximate surface area is 195 Å². The molecule has 1 aromatic heterocycles. The number of aromatic nitrogens is 2. The summed E-state index contributed by atoms with van der Waals surface area (Å²) in [4.78, 5) is 20.2. The Balaban J connectivity index is 1.28. The molecule has 0 atom stereocenters. The zero-order valence-electron chi connectivity index (χ0n) is 19.3. The summed E-state index contributed by atoms with van der Waals surface area (Å²) in [5, 5.41) is 0.674. The average Bonchev–Trinajstić information content (AvgIpc) is 3.37. The molecule has 2 heterocycles. The Bertz CT molecular complexity index is 1280. The fraction of sp³-hybridized carbons (Fsp3) is 0.310. The van der Waals surface area contributed by atoms with Gasteiger partial charge in [-0.15, -0.1) is 0 Å². The van der Waals surface area contributed by atoms with Crippen LogP contribution in [0.15, 0.2) is 77.9 Å². The summed E-state index contributed by atoms with van der Waals surface area (Å²) in [6, 6.07) is 23.4. The van der Waals surface area contributed by atoms with Crippen LogP contribution in [0.1, 0.15) is 36.5 Å². The maximum atomic E-state index is 13.0. The molecule has 3 aromatic carbocycles. The lowest BCUT2D eigenvalue weighted by Crippen LogP contribution is -2.21. The second-order valence-corrected chi connectivity index (χ2v) is 9.08. The third-order valence-electron chi connectivity index (χ3n) is 6.79. The van der Waals surface area contributed by atoms with Crippen LogP contribution < -0.4 is 5.56 Å². The first-order valence-electron chi connectivity index (χ1n) is 12.1. The Kier molecular flexibility index (Phi) is 6.36. The van der Waals surface area contributed by atoms with E-state index in [1.165, 1.54) is 42.6 Å². The van der Waals surface area contributed by atoms with E-state index in [4.69, 9.17) is 0 Å². The molecule has 168 valence electrons. The molecule has 5 rings (SSSR count). The molecule has 1 fully saturated rings. The van der Waals surface area contributed by atoms with Gasteiger partial charge in [-0.3, -0.25) is 14.3 Å². The van der Waals surface area contributed by atoms with Crippen LogP contribution in [0.5, 0.6) is 0 Å². The topological polar surface area (TPSA) is 38.1 Å². The van der Waals surface area contributed by atoms with E-state index in [9.17, 15) is 4.79 Å². The largest absolute Gasteiger partial charge is 0.299 e. The number of hydrogen-bond acceptors (Lipinski definition) is 3. The van der Waals surface area contributed by atoms with Crippen LogP contribution in [-0.2, 0) is 25.9 Å². The Morgan fingerprint density at radius 3 is 2.21 bits per heavy atom. The fourth-order valence-electron chi connectivity index (χ4n) is 4.69. The number of rotatable bonds is 7. The molecule has 1 aliphatic rings. The van der Waals surface area contributed by atoms with Crippen molar-refractivity contribution in [1.82, 2.24) is 14.5 Å². The van der Waals surface area contributed by atoms with Crippen LogP contribution in [-0.4, -0.2) is 27.5 Å². The summed E-state index contributed by atoms with van der Waals surface area (Å²) in [6.45, 7) is 6.26. The average molecular weight is 438 g/mol. The first-order chi connectivity index (χ1) is 16.2. The maximum absolute atomic E-state index is 13.0. The molecule has 0 bridgehead atoms. The molecular weight excluding hydrogens is 406 g/mol. The van der Waals surface area contributed by atoms with Crippen LogP contribution in [0.3, 0.4) is 0 Å². The third kappa shape index (κ3) is 4.91. The standard InChI is InChI=1S/C29H31N3O/c1-2-22-9-11-25(12-10-22)26-13-14-27-28(19-26)30-21-32(29(27)33)18-15-23-5-7-24(8-6-23)20-31-16-3-4-17-31/h5-14,19,21H,2-4,15-18,20H2,1H3. The lowest BCUT2D eigenvalue weighted by Gasteiger charge is -2.14. The minimum atomic E-state index is 0.0264. The number of nitrogens with zero attached hydrogens (tertiary/aromatic N) is 3. The van der Waals surface area contributed by atoms with Crippen molar-refractivity contribution in [2.24, 2.45) is 0 Å². The normalized spacial score (nSPS) is 14.2. The van der Waals surface area contributed by atoms with Crippen molar-refractivity contribution in [3.8, 4) is 11.1 Å². The van der Waals surface area contributed by atoms with Crippen LogP contribution in [0.4, 0.5) is 0 Å². The van der Waals surface area contributed by atoms with Gasteiger partial charge in [-0.2, -0.15) is 0 Å². The van der Waals surface area contributed by atoms with Gasteiger partial charge in [-0.25, -0.2) is 4.98 Å². The first kappa shape index (κ1) is 21.6. The van der Waals surface area contributed by atoms with Crippen molar-refractivity contribution in [1.29, 1.82) is 0 Å². The second-order valence-electron chi connectivity index (χ2n) is 9.08. The molecule has 33 heavy (non-hydrogen) atoms. The molecular formula is C29H31N3O. The van der Waals surface area contributed by atoms with Gasteiger partial charge < -0.3 is 0 Å². The van der Waals surface area contributed by atoms with Gasteiger partial charge in [0.15, 0.2) is 0 Å². The van der Waals surface area contributed by atoms with Crippen molar-refractivity contribution in [2.75, 3.05) is 13.1 Å². The number of fused-ring (bicyclic) bond motifs is 1. The highest BCUT2D eigenvalue weighted by Gasteiger charge is 2.11. The van der Waals surface area contributed by atoms with Gasteiger partial charge in [0.05, 0.1) is 17.2 Å². The first-order valence-corrected chi connectivity index (χ1v) is 12.1. The smallest absolute Gasteiger partial charge is 0.261 e. The Hall–Kier alpha value is -3.24. The molecule has 0 N–H and O–H groups in total. The fourth-order valence-corrected chi connectivity index (χ4v) is 4.69. The number of aryl methyl sites for hydroxylation is 3. The highest BCUT2D eigenvalue weighted by Crippen LogP contribution is 2.23. The summed E-state index contributed by atoms with van der Waals surface area (Å²) >= 11 is 0. The molecule has 4 aromatic rings. The van der Waals surface area contributed by atoms with Gasteiger partial charge in [-0.05, 0) is 78.7 Å². The van der Waals surface area contributed by atoms with Crippen molar-refractivity contribution in [3.63, 3.8) is 0 Å². The molecule has 0 spiro atoms. The molecule has 0 saturated carbocycles. The third-order valence-corrected chi connectivity index (χ3v) is 6.79. The SMILES string of the molecule is CCc1ccc(-c2ccc3c(=O)n(CCc4ccc(CN5CCCC5)cc4)cnc3c2)cc1. The lowest BCUT2D eigenvalue weighted by atomic mass is 10.0. The van der Waals surface area contributed by atoms with E-state index in [1.54, 1.807) is 10.9 Å². The predicted octanol–water partition coefficient (Wildman–Crippen LogP) is 5.46. The molecule has 0 unspecified atom stereocenters. The predicted molar refractivity (Wildman–Crippen MR) is 135 cm³/mol. The maximum Gasteiger partial charge on any atom is 0.261 e. The number of likely N-dealkylation sites (tertiary alicyclic amines) is 1. The monoisotopic (exact) mass is 437 g/mol. The molecule has 4 nitrogen and oxygen atoms in total. The van der Waals surface area contributed by atoms with E-state index >= 15 is 0 Å². The van der Waals surface area contributed by atoms with Crippen LogP contribution in [0.2, 0.25) is 0 Å². The van der Waals surface area contributed by atoms with Gasteiger partial charge in [0, 0.05) is 13.1 Å². The summed E-state index contributed by atoms with van der Waals surface area (Å²) in [5.74, 6) is 0. The minimum Gasteiger partial charge on any atom is -0.299 e. The van der Waals surface area contributed by atoms with Crippen LogP contribution in [0, 0.1) is 0 Å². The highest BCUT2D eigenvalue weighted by molar-refractivity contribution is 5.83. The molecule has 1 saturated heterocycles. The zero-order valence-corrected chi connectivity index (χ0v) is 19.3. The van der Waals surface area contributed by atoms with Crippen molar-refractivity contribution in [3.05, 3.63) is 100 Å². The van der Waals surface area contributed by atoms with Crippen LogP contribution in [0.25, 0.3) is 22.0 Å². The van der Waals surface area contributed by atoms with Crippen LogP contribution >= 0.6 is 0 Å². The molecule has 0 aliphatic carbocycles. The van der Waals surface area contributed by atoms with Crippen molar-refractivity contribution in [2.45, 2.75) is 45.7 Å².